The fourth-order valence-electron chi connectivity index (χ4n) is 2.32. The Morgan fingerprint density at radius 1 is 1.14 bits per heavy atom. The first-order chi connectivity index (χ1) is 10.1. The van der Waals surface area contributed by atoms with Crippen molar-refractivity contribution in [1.82, 2.24) is 5.32 Å². The highest BCUT2D eigenvalue weighted by molar-refractivity contribution is 9.10. The van der Waals surface area contributed by atoms with Gasteiger partial charge >= 0.3 is 0 Å². The molecule has 0 fully saturated rings. The summed E-state index contributed by atoms with van der Waals surface area (Å²) in [5, 5.41) is 3.45. The van der Waals surface area contributed by atoms with Gasteiger partial charge in [-0.25, -0.2) is 4.39 Å². The highest BCUT2D eigenvalue weighted by Gasteiger charge is 2.20. The lowest BCUT2D eigenvalue weighted by Crippen LogP contribution is -2.23. The molecule has 1 atom stereocenters. The molecule has 0 aromatic heterocycles. The minimum absolute atomic E-state index is 0.126. The van der Waals surface area contributed by atoms with Crippen LogP contribution in [0.3, 0.4) is 0 Å². The Morgan fingerprint density at radius 3 is 2.38 bits per heavy atom. The van der Waals surface area contributed by atoms with Gasteiger partial charge in [-0.3, -0.25) is 0 Å². The van der Waals surface area contributed by atoms with E-state index in [1.165, 1.54) is 5.56 Å². The Morgan fingerprint density at radius 2 is 1.81 bits per heavy atom. The van der Waals surface area contributed by atoms with Crippen molar-refractivity contribution in [1.29, 1.82) is 0 Å². The number of rotatable bonds is 5. The molecule has 0 saturated heterocycles. The second kappa shape index (κ2) is 7.39. The Bertz CT molecular complexity index is 613. The van der Waals surface area contributed by atoms with Gasteiger partial charge in [0.2, 0.25) is 0 Å². The first kappa shape index (κ1) is 16.5. The molecule has 112 valence electrons. The summed E-state index contributed by atoms with van der Waals surface area (Å²) in [6.45, 7) is 4.87. The van der Waals surface area contributed by atoms with Gasteiger partial charge in [0.05, 0.1) is 11.1 Å². The molecule has 2 rings (SSSR count). The molecule has 2 aromatic carbocycles. The van der Waals surface area contributed by atoms with Crippen LogP contribution in [0.25, 0.3) is 0 Å². The lowest BCUT2D eigenvalue weighted by atomic mass is 9.97. The average molecular weight is 371 g/mol. The first-order valence-corrected chi connectivity index (χ1v) is 8.21. The maximum Gasteiger partial charge on any atom is 0.148 e. The van der Waals surface area contributed by atoms with Crippen LogP contribution in [0.15, 0.2) is 40.9 Å². The second-order valence-electron chi connectivity index (χ2n) is 4.85. The summed E-state index contributed by atoms with van der Waals surface area (Å²) in [6, 6.07) is 11.6. The highest BCUT2D eigenvalue weighted by atomic mass is 79.9. The molecule has 0 aliphatic rings. The van der Waals surface area contributed by atoms with Gasteiger partial charge in [-0.1, -0.05) is 55.8 Å². The minimum atomic E-state index is -0.378. The normalized spacial score (nSPS) is 12.4. The van der Waals surface area contributed by atoms with Crippen LogP contribution in [0, 0.1) is 5.82 Å². The fraction of sp³-hybridized carbons (Fsp3) is 0.294. The predicted molar refractivity (Wildman–Crippen MR) is 90.4 cm³/mol. The Balaban J connectivity index is 2.45. The van der Waals surface area contributed by atoms with E-state index in [1.54, 1.807) is 12.1 Å². The van der Waals surface area contributed by atoms with Crippen molar-refractivity contribution < 1.29 is 4.39 Å². The van der Waals surface area contributed by atoms with Gasteiger partial charge in [0.15, 0.2) is 0 Å². The lowest BCUT2D eigenvalue weighted by Gasteiger charge is -2.20. The largest absolute Gasteiger partial charge is 0.306 e. The van der Waals surface area contributed by atoms with Crippen LogP contribution in [-0.2, 0) is 6.42 Å². The molecule has 0 heterocycles. The Labute approximate surface area is 138 Å². The van der Waals surface area contributed by atoms with E-state index in [9.17, 15) is 4.39 Å². The predicted octanol–water partition coefficient (Wildman–Crippen LogP) is 5.50. The third kappa shape index (κ3) is 3.65. The van der Waals surface area contributed by atoms with Crippen LogP contribution in [0.2, 0.25) is 5.02 Å². The molecular formula is C17H18BrClFN. The number of halogens is 3. The van der Waals surface area contributed by atoms with Gasteiger partial charge in [0.1, 0.15) is 5.82 Å². The van der Waals surface area contributed by atoms with Crippen LogP contribution < -0.4 is 5.32 Å². The molecule has 2 aromatic rings. The number of hydrogen-bond acceptors (Lipinski definition) is 1. The zero-order chi connectivity index (χ0) is 15.4. The molecule has 0 saturated carbocycles. The smallest absolute Gasteiger partial charge is 0.148 e. The molecule has 4 heteroatoms. The van der Waals surface area contributed by atoms with Crippen LogP contribution in [0.1, 0.15) is 36.6 Å². The van der Waals surface area contributed by atoms with E-state index in [4.69, 9.17) is 11.6 Å². The summed E-state index contributed by atoms with van der Waals surface area (Å²) in [5.74, 6) is -0.378. The molecular weight excluding hydrogens is 353 g/mol. The molecule has 1 nitrogen and oxygen atoms in total. The van der Waals surface area contributed by atoms with Gasteiger partial charge in [0, 0.05) is 10.0 Å². The molecule has 0 bridgehead atoms. The molecule has 1 N–H and O–H groups in total. The minimum Gasteiger partial charge on any atom is -0.306 e. The summed E-state index contributed by atoms with van der Waals surface area (Å²) in [7, 11) is 0. The first-order valence-electron chi connectivity index (χ1n) is 7.04. The topological polar surface area (TPSA) is 12.0 Å². The molecule has 0 aliphatic carbocycles. The zero-order valence-electron chi connectivity index (χ0n) is 12.1. The molecule has 0 spiro atoms. The van der Waals surface area contributed by atoms with E-state index in [0.717, 1.165) is 18.5 Å². The van der Waals surface area contributed by atoms with Crippen molar-refractivity contribution in [3.05, 3.63) is 68.4 Å². The maximum absolute atomic E-state index is 14.5. The number of nitrogens with one attached hydrogen (secondary N) is 1. The van der Waals surface area contributed by atoms with Crippen molar-refractivity contribution in [2.75, 3.05) is 6.54 Å². The van der Waals surface area contributed by atoms with Crippen molar-refractivity contribution in [3.63, 3.8) is 0 Å². The monoisotopic (exact) mass is 369 g/mol. The van der Waals surface area contributed by atoms with E-state index < -0.39 is 0 Å². The van der Waals surface area contributed by atoms with E-state index in [0.29, 0.717) is 10.0 Å². The summed E-state index contributed by atoms with van der Waals surface area (Å²) in [5.41, 5.74) is 2.86. The van der Waals surface area contributed by atoms with Crippen LogP contribution in [0.5, 0.6) is 0 Å². The van der Waals surface area contributed by atoms with E-state index >= 15 is 0 Å². The number of aryl methyl sites for hydroxylation is 1. The lowest BCUT2D eigenvalue weighted by molar-refractivity contribution is 0.558. The van der Waals surface area contributed by atoms with Crippen LogP contribution >= 0.6 is 27.5 Å². The Hall–Kier alpha value is -0.900. The molecule has 21 heavy (non-hydrogen) atoms. The molecule has 0 radical (unpaired) electrons. The quantitative estimate of drug-likeness (QED) is 0.685. The molecule has 1 unspecified atom stereocenters. The average Bonchev–Trinajstić information content (AvgIpc) is 2.51. The van der Waals surface area contributed by atoms with Gasteiger partial charge in [-0.15, -0.1) is 0 Å². The van der Waals surface area contributed by atoms with E-state index in [-0.39, 0.29) is 16.9 Å². The van der Waals surface area contributed by atoms with Crippen molar-refractivity contribution >= 4 is 27.5 Å². The van der Waals surface area contributed by atoms with Gasteiger partial charge in [-0.05, 0) is 46.1 Å². The van der Waals surface area contributed by atoms with E-state index in [2.05, 4.69) is 40.3 Å². The summed E-state index contributed by atoms with van der Waals surface area (Å²) >= 11 is 9.26. The van der Waals surface area contributed by atoms with Crippen molar-refractivity contribution in [3.8, 4) is 0 Å². The van der Waals surface area contributed by atoms with Crippen LogP contribution in [0.4, 0.5) is 4.39 Å². The SMILES string of the molecule is CCNC(c1ccc(CC)cc1)c1ccc(Br)c(Cl)c1F. The van der Waals surface area contributed by atoms with Crippen LogP contribution in [-0.4, -0.2) is 6.54 Å². The molecule has 0 amide bonds. The summed E-state index contributed by atoms with van der Waals surface area (Å²) in [6.07, 6.45) is 0.991. The molecule has 0 aliphatic heterocycles. The van der Waals surface area contributed by atoms with Gasteiger partial charge in [0.25, 0.3) is 0 Å². The highest BCUT2D eigenvalue weighted by Crippen LogP contribution is 2.33. The van der Waals surface area contributed by atoms with Crippen molar-refractivity contribution in [2.24, 2.45) is 0 Å². The standard InChI is InChI=1S/C17H18BrClFN/c1-3-11-5-7-12(8-6-11)17(21-4-2)13-9-10-14(18)15(19)16(13)20/h5-10,17,21H,3-4H2,1-2H3. The van der Waals surface area contributed by atoms with Crippen molar-refractivity contribution in [2.45, 2.75) is 26.3 Å². The third-order valence-electron chi connectivity index (χ3n) is 3.51. The fourth-order valence-corrected chi connectivity index (χ4v) is 2.80. The third-order valence-corrected chi connectivity index (χ3v) is 4.76. The zero-order valence-corrected chi connectivity index (χ0v) is 14.4. The summed E-state index contributed by atoms with van der Waals surface area (Å²) in [4.78, 5) is 0. The maximum atomic E-state index is 14.5. The van der Waals surface area contributed by atoms with E-state index in [1.807, 2.05) is 19.1 Å². The van der Waals surface area contributed by atoms with Gasteiger partial charge in [-0.2, -0.15) is 0 Å². The summed E-state index contributed by atoms with van der Waals surface area (Å²) < 4.78 is 15.0. The number of hydrogen-bond donors (Lipinski definition) is 1. The van der Waals surface area contributed by atoms with Gasteiger partial charge < -0.3 is 5.32 Å². The Kier molecular flexibility index (Phi) is 5.80. The number of benzene rings is 2. The second-order valence-corrected chi connectivity index (χ2v) is 6.08.